The molecule has 12 heteroatoms. The topological polar surface area (TPSA) is 84.1 Å². The van der Waals surface area contributed by atoms with E-state index < -0.39 is 11.9 Å². The number of halogens is 3. The molecule has 0 spiro atoms. The van der Waals surface area contributed by atoms with Crippen molar-refractivity contribution in [1.82, 2.24) is 24.5 Å². The zero-order valence-corrected chi connectivity index (χ0v) is 19.0. The van der Waals surface area contributed by atoms with Gasteiger partial charge in [-0.3, -0.25) is 4.84 Å². The number of thioether (sulfide) groups is 1. The summed E-state index contributed by atoms with van der Waals surface area (Å²) in [6.07, 6.45) is -3.50. The Morgan fingerprint density at radius 1 is 1.09 bits per heavy atom. The summed E-state index contributed by atoms with van der Waals surface area (Å²) in [6, 6.07) is 15.0. The summed E-state index contributed by atoms with van der Waals surface area (Å²) in [5.74, 6) is 0.511. The first-order valence-electron chi connectivity index (χ1n) is 10.2. The maximum Gasteiger partial charge on any atom is 0.434 e. The van der Waals surface area contributed by atoms with Crippen molar-refractivity contribution in [1.29, 1.82) is 0 Å². The zero-order valence-electron chi connectivity index (χ0n) is 18.2. The SMILES string of the molecule is CCn1c(SCc2cccc(N([O-])OC)c2)nnc1-c1cnn(-c2ccccc2)c1C(F)(F)F. The summed E-state index contributed by atoms with van der Waals surface area (Å²) >= 11 is 1.30. The molecule has 2 aromatic carbocycles. The number of rotatable bonds is 8. The molecule has 8 nitrogen and oxygen atoms in total. The number of alkyl halides is 3. The van der Waals surface area contributed by atoms with Gasteiger partial charge in [-0.1, -0.05) is 42.1 Å². The Morgan fingerprint density at radius 2 is 1.85 bits per heavy atom. The van der Waals surface area contributed by atoms with Gasteiger partial charge in [0.1, 0.15) is 0 Å². The maximum absolute atomic E-state index is 14.1. The van der Waals surface area contributed by atoms with Crippen LogP contribution in [-0.2, 0) is 23.3 Å². The van der Waals surface area contributed by atoms with Crippen LogP contribution in [0.15, 0.2) is 66.0 Å². The summed E-state index contributed by atoms with van der Waals surface area (Å²) in [5.41, 5.74) is 0.380. The van der Waals surface area contributed by atoms with Gasteiger partial charge in [-0.05, 0) is 36.8 Å². The highest BCUT2D eigenvalue weighted by Gasteiger charge is 2.40. The number of aromatic nitrogens is 5. The summed E-state index contributed by atoms with van der Waals surface area (Å²) in [5, 5.41) is 24.7. The van der Waals surface area contributed by atoms with Crippen molar-refractivity contribution in [3.63, 3.8) is 0 Å². The highest BCUT2D eigenvalue weighted by atomic mass is 32.2. The van der Waals surface area contributed by atoms with Gasteiger partial charge in [0.15, 0.2) is 16.7 Å². The third-order valence-corrected chi connectivity index (χ3v) is 6.01. The van der Waals surface area contributed by atoms with Crippen molar-refractivity contribution in [2.24, 2.45) is 0 Å². The molecule has 0 aliphatic rings. The molecule has 178 valence electrons. The van der Waals surface area contributed by atoms with E-state index in [1.54, 1.807) is 60.0 Å². The van der Waals surface area contributed by atoms with Crippen molar-refractivity contribution in [2.45, 2.75) is 30.6 Å². The molecule has 0 saturated carbocycles. The third-order valence-electron chi connectivity index (χ3n) is 4.97. The van der Waals surface area contributed by atoms with Crippen molar-refractivity contribution in [3.05, 3.63) is 77.3 Å². The van der Waals surface area contributed by atoms with Crippen LogP contribution in [0.25, 0.3) is 17.1 Å². The fraction of sp³-hybridized carbons (Fsp3) is 0.227. The molecule has 4 aromatic rings. The minimum atomic E-state index is -4.66. The van der Waals surface area contributed by atoms with Gasteiger partial charge in [0.25, 0.3) is 0 Å². The van der Waals surface area contributed by atoms with Crippen molar-refractivity contribution in [3.8, 4) is 17.1 Å². The molecule has 0 bridgehead atoms. The minimum absolute atomic E-state index is 0.0818. The lowest BCUT2D eigenvalue weighted by atomic mass is 10.2. The zero-order chi connectivity index (χ0) is 24.3. The molecule has 0 fully saturated rings. The van der Waals surface area contributed by atoms with Crippen LogP contribution in [0.3, 0.4) is 0 Å². The lowest BCUT2D eigenvalue weighted by Gasteiger charge is -2.27. The second-order valence-corrected chi connectivity index (χ2v) is 8.04. The van der Waals surface area contributed by atoms with E-state index in [1.165, 1.54) is 18.9 Å². The van der Waals surface area contributed by atoms with Gasteiger partial charge in [-0.2, -0.15) is 18.3 Å². The molecule has 0 aliphatic carbocycles. The Bertz CT molecular complexity index is 1260. The lowest BCUT2D eigenvalue weighted by molar-refractivity contribution is -0.142. The molecule has 0 aliphatic heterocycles. The van der Waals surface area contributed by atoms with Gasteiger partial charge < -0.3 is 15.0 Å². The van der Waals surface area contributed by atoms with Gasteiger partial charge in [0, 0.05) is 12.3 Å². The first-order chi connectivity index (χ1) is 16.3. The van der Waals surface area contributed by atoms with Gasteiger partial charge >= 0.3 is 6.18 Å². The molecule has 0 amide bonds. The monoisotopic (exact) mass is 489 g/mol. The maximum atomic E-state index is 14.1. The summed E-state index contributed by atoms with van der Waals surface area (Å²) in [7, 11) is 1.27. The molecule has 34 heavy (non-hydrogen) atoms. The third kappa shape index (κ3) is 4.79. The van der Waals surface area contributed by atoms with E-state index in [4.69, 9.17) is 0 Å². The summed E-state index contributed by atoms with van der Waals surface area (Å²) < 4.78 is 44.8. The highest BCUT2D eigenvalue weighted by Crippen LogP contribution is 2.38. The second kappa shape index (κ2) is 9.87. The molecule has 0 atom stereocenters. The second-order valence-electron chi connectivity index (χ2n) is 7.10. The molecule has 4 rings (SSSR count). The Kier molecular flexibility index (Phi) is 6.91. The Balaban J connectivity index is 1.67. The predicted octanol–water partition coefficient (Wildman–Crippen LogP) is 5.33. The molecule has 0 N–H and O–H groups in total. The van der Waals surface area contributed by atoms with Gasteiger partial charge in [0.2, 0.25) is 0 Å². The first-order valence-corrected chi connectivity index (χ1v) is 11.2. The van der Waals surface area contributed by atoms with E-state index in [9.17, 15) is 18.4 Å². The van der Waals surface area contributed by atoms with Crippen molar-refractivity contribution in [2.75, 3.05) is 12.3 Å². The van der Waals surface area contributed by atoms with Crippen molar-refractivity contribution < 1.29 is 18.0 Å². The minimum Gasteiger partial charge on any atom is -0.733 e. The van der Waals surface area contributed by atoms with Crippen LogP contribution in [0, 0.1) is 5.21 Å². The first kappa shape index (κ1) is 23.8. The van der Waals surface area contributed by atoms with Crippen LogP contribution in [0.2, 0.25) is 0 Å². The fourth-order valence-corrected chi connectivity index (χ4v) is 4.39. The van der Waals surface area contributed by atoms with Crippen LogP contribution in [-0.4, -0.2) is 31.7 Å². The van der Waals surface area contributed by atoms with Crippen molar-refractivity contribution >= 4 is 17.4 Å². The van der Waals surface area contributed by atoms with E-state index in [0.29, 0.717) is 34.1 Å². The number of hydrogen-bond donors (Lipinski definition) is 0. The highest BCUT2D eigenvalue weighted by molar-refractivity contribution is 7.98. The lowest BCUT2D eigenvalue weighted by Crippen LogP contribution is -2.15. The fourth-order valence-electron chi connectivity index (χ4n) is 3.44. The number of nitrogens with zero attached hydrogens (tertiary/aromatic N) is 6. The van der Waals surface area contributed by atoms with E-state index in [-0.39, 0.29) is 11.4 Å². The molecule has 0 unspecified atom stereocenters. The molecule has 0 radical (unpaired) electrons. The quantitative estimate of drug-likeness (QED) is 0.244. The average molecular weight is 490 g/mol. The van der Waals surface area contributed by atoms with Crippen LogP contribution in [0.4, 0.5) is 18.9 Å². The van der Waals surface area contributed by atoms with E-state index in [0.717, 1.165) is 16.4 Å². The molecule has 2 heterocycles. The smallest absolute Gasteiger partial charge is 0.434 e. The Morgan fingerprint density at radius 3 is 2.53 bits per heavy atom. The van der Waals surface area contributed by atoms with E-state index in [1.807, 2.05) is 6.07 Å². The Labute approximate surface area is 197 Å². The van der Waals surface area contributed by atoms with E-state index in [2.05, 4.69) is 20.1 Å². The van der Waals surface area contributed by atoms with Gasteiger partial charge in [-0.15, -0.1) is 10.2 Å². The summed E-state index contributed by atoms with van der Waals surface area (Å²) in [4.78, 5) is 4.66. The molecule has 0 saturated heterocycles. The molecular formula is C22H20F3N6O2S-. The van der Waals surface area contributed by atoms with Crippen LogP contribution in [0.1, 0.15) is 18.2 Å². The Hall–Kier alpha value is -3.35. The number of hydrogen-bond acceptors (Lipinski definition) is 7. The predicted molar refractivity (Wildman–Crippen MR) is 122 cm³/mol. The average Bonchev–Trinajstić information content (AvgIpc) is 3.47. The number of para-hydroxylation sites is 1. The molecule has 2 aromatic heterocycles. The normalized spacial score (nSPS) is 11.7. The largest absolute Gasteiger partial charge is 0.733 e. The standard InChI is InChI=1S/C22H20F3N6O2S/c1-3-29-20(18-13-26-30(19(18)22(23,24)25)16-9-5-4-6-10-16)27-28-21(29)34-14-15-8-7-11-17(12-15)31(32)33-2/h4-13H,3,14H2,1-2H3/q-1. The van der Waals surface area contributed by atoms with Crippen LogP contribution < -0.4 is 5.23 Å². The summed E-state index contributed by atoms with van der Waals surface area (Å²) in [6.45, 7) is 2.16. The number of benzene rings is 2. The van der Waals surface area contributed by atoms with E-state index >= 15 is 0 Å². The molecular weight excluding hydrogens is 469 g/mol. The van der Waals surface area contributed by atoms with Gasteiger partial charge in [-0.25, -0.2) is 4.68 Å². The van der Waals surface area contributed by atoms with Crippen LogP contribution >= 0.6 is 11.8 Å². The number of anilines is 1. The van der Waals surface area contributed by atoms with Crippen LogP contribution in [0.5, 0.6) is 0 Å². The van der Waals surface area contributed by atoms with Gasteiger partial charge in [0.05, 0.1) is 30.2 Å².